The molecule has 0 aliphatic heterocycles. The van der Waals surface area contributed by atoms with E-state index in [0.29, 0.717) is 0 Å². The van der Waals surface area contributed by atoms with Crippen LogP contribution in [0.25, 0.3) is 0 Å². The Morgan fingerprint density at radius 2 is 2.05 bits per heavy atom. The molecule has 0 saturated carbocycles. The van der Waals surface area contributed by atoms with Crippen molar-refractivity contribution in [2.75, 3.05) is 5.32 Å². The topological polar surface area (TPSA) is 73.7 Å². The molecular weight excluding hydrogens is 393 g/mol. The van der Waals surface area contributed by atoms with Gasteiger partial charge in [-0.1, -0.05) is 12.1 Å². The summed E-state index contributed by atoms with van der Waals surface area (Å²) in [6.45, 7) is 3.94. The number of hydrazone groups is 1. The average Bonchev–Trinajstić information content (AvgIpc) is 2.48. The zero-order chi connectivity index (χ0) is 16.1. The highest BCUT2D eigenvalue weighted by molar-refractivity contribution is 14.1. The molecule has 22 heavy (non-hydrogen) atoms. The van der Waals surface area contributed by atoms with Crippen LogP contribution in [0.2, 0.25) is 0 Å². The summed E-state index contributed by atoms with van der Waals surface area (Å²) in [5, 5.41) is 16.1. The van der Waals surface area contributed by atoms with Gasteiger partial charge in [0.15, 0.2) is 0 Å². The summed E-state index contributed by atoms with van der Waals surface area (Å²) in [7, 11) is 0. The average molecular weight is 409 g/mol. The predicted molar refractivity (Wildman–Crippen MR) is 96.5 cm³/mol. The third-order valence-corrected chi connectivity index (χ3v) is 4.07. The van der Waals surface area contributed by atoms with Gasteiger partial charge in [-0.25, -0.2) is 10.2 Å². The number of hydrogen-bond acceptors (Lipinski definition) is 3. The molecule has 2 rings (SSSR count). The second-order valence-corrected chi connectivity index (χ2v) is 5.94. The highest BCUT2D eigenvalue weighted by Gasteiger charge is 2.04. The first-order valence-electron chi connectivity index (χ1n) is 6.62. The fourth-order valence-corrected chi connectivity index (χ4v) is 2.35. The third kappa shape index (κ3) is 4.20. The first-order chi connectivity index (χ1) is 10.5. The Morgan fingerprint density at radius 3 is 2.77 bits per heavy atom. The van der Waals surface area contributed by atoms with E-state index in [1.165, 1.54) is 6.21 Å². The number of phenols is 1. The van der Waals surface area contributed by atoms with E-state index in [9.17, 15) is 9.90 Å². The van der Waals surface area contributed by atoms with Gasteiger partial charge in [0.1, 0.15) is 5.75 Å². The molecule has 0 atom stereocenters. The molecule has 6 heteroatoms. The molecule has 0 unspecified atom stereocenters. The number of amides is 2. The lowest BCUT2D eigenvalue weighted by Gasteiger charge is -2.09. The molecule has 3 N–H and O–H groups in total. The minimum absolute atomic E-state index is 0.221. The Kier molecular flexibility index (Phi) is 5.37. The second kappa shape index (κ2) is 7.26. The largest absolute Gasteiger partial charge is 0.507 e. The highest BCUT2D eigenvalue weighted by Crippen LogP contribution is 2.19. The third-order valence-electron chi connectivity index (χ3n) is 3.20. The van der Waals surface area contributed by atoms with E-state index in [1.807, 2.05) is 54.6 Å². The predicted octanol–water partition coefficient (Wildman–Crippen LogP) is 3.77. The number of anilines is 1. The maximum absolute atomic E-state index is 11.8. The number of hydrogen-bond donors (Lipinski definition) is 3. The van der Waals surface area contributed by atoms with E-state index in [-0.39, 0.29) is 5.75 Å². The summed E-state index contributed by atoms with van der Waals surface area (Å²) in [5.41, 5.74) is 6.09. The zero-order valence-electron chi connectivity index (χ0n) is 12.2. The lowest BCUT2D eigenvalue weighted by atomic mass is 10.1. The lowest BCUT2D eigenvalue weighted by Crippen LogP contribution is -2.24. The minimum Gasteiger partial charge on any atom is -0.507 e. The van der Waals surface area contributed by atoms with Crippen molar-refractivity contribution in [1.82, 2.24) is 5.43 Å². The van der Waals surface area contributed by atoms with E-state index < -0.39 is 6.03 Å². The Bertz CT molecular complexity index is 729. The molecule has 0 aromatic heterocycles. The molecule has 2 amide bonds. The number of phenolic OH excluding ortho intramolecular Hbond substituents is 1. The van der Waals surface area contributed by atoms with Gasteiger partial charge in [0.25, 0.3) is 0 Å². The van der Waals surface area contributed by atoms with Crippen LogP contribution >= 0.6 is 22.6 Å². The fraction of sp³-hybridized carbons (Fsp3) is 0.125. The zero-order valence-corrected chi connectivity index (χ0v) is 14.4. The summed E-state index contributed by atoms with van der Waals surface area (Å²) in [4.78, 5) is 11.8. The number of nitrogens with zero attached hydrogens (tertiary/aromatic N) is 1. The number of halogens is 1. The molecular formula is C16H16IN3O2. The van der Waals surface area contributed by atoms with Gasteiger partial charge >= 0.3 is 6.03 Å². The molecule has 2 aromatic carbocycles. The van der Waals surface area contributed by atoms with Gasteiger partial charge in [-0.15, -0.1) is 0 Å². The maximum Gasteiger partial charge on any atom is 0.339 e. The van der Waals surface area contributed by atoms with Crippen LogP contribution < -0.4 is 10.7 Å². The molecule has 0 bridgehead atoms. The van der Waals surface area contributed by atoms with Gasteiger partial charge in [-0.3, -0.25) is 0 Å². The number of carbonyl (C=O) groups is 1. The van der Waals surface area contributed by atoms with E-state index in [0.717, 1.165) is 25.9 Å². The quantitative estimate of drug-likeness (QED) is 0.410. The van der Waals surface area contributed by atoms with Crippen molar-refractivity contribution in [1.29, 1.82) is 0 Å². The van der Waals surface area contributed by atoms with Crippen molar-refractivity contribution in [3.8, 4) is 5.75 Å². The Hall–Kier alpha value is -2.09. The van der Waals surface area contributed by atoms with Crippen LogP contribution in [0.1, 0.15) is 16.7 Å². The molecule has 0 fully saturated rings. The van der Waals surface area contributed by atoms with Gasteiger partial charge in [0, 0.05) is 5.69 Å². The first-order valence-corrected chi connectivity index (χ1v) is 7.70. The van der Waals surface area contributed by atoms with Crippen LogP contribution in [0.3, 0.4) is 0 Å². The normalized spacial score (nSPS) is 10.7. The van der Waals surface area contributed by atoms with Crippen molar-refractivity contribution >= 4 is 40.5 Å². The number of urea groups is 1. The van der Waals surface area contributed by atoms with Crippen LogP contribution in [-0.4, -0.2) is 17.4 Å². The van der Waals surface area contributed by atoms with Gasteiger partial charge < -0.3 is 10.4 Å². The Morgan fingerprint density at radius 1 is 1.27 bits per heavy atom. The molecule has 114 valence electrons. The number of nitrogens with one attached hydrogen (secondary N) is 2. The SMILES string of the molecule is Cc1cccc(NC(=O)N/N=C/c2ccc(O)c(I)c2)c1C. The van der Waals surface area contributed by atoms with E-state index in [2.05, 4.69) is 15.8 Å². The van der Waals surface area contributed by atoms with Crippen molar-refractivity contribution < 1.29 is 9.90 Å². The van der Waals surface area contributed by atoms with Crippen LogP contribution in [0.15, 0.2) is 41.5 Å². The van der Waals surface area contributed by atoms with Crippen molar-refractivity contribution in [3.05, 3.63) is 56.7 Å². The van der Waals surface area contributed by atoms with Crippen molar-refractivity contribution in [2.24, 2.45) is 5.10 Å². The second-order valence-electron chi connectivity index (χ2n) is 4.78. The summed E-state index contributed by atoms with van der Waals surface area (Å²) in [6.07, 6.45) is 1.52. The molecule has 0 aliphatic rings. The number of rotatable bonds is 3. The smallest absolute Gasteiger partial charge is 0.339 e. The van der Waals surface area contributed by atoms with E-state index >= 15 is 0 Å². The maximum atomic E-state index is 11.8. The molecule has 0 aliphatic carbocycles. The number of carbonyl (C=O) groups excluding carboxylic acids is 1. The van der Waals surface area contributed by atoms with E-state index in [1.54, 1.807) is 18.2 Å². The molecule has 0 saturated heterocycles. The molecule has 2 aromatic rings. The molecule has 0 spiro atoms. The molecule has 0 heterocycles. The summed E-state index contributed by atoms with van der Waals surface area (Å²) < 4.78 is 0.724. The fourth-order valence-electron chi connectivity index (χ4n) is 1.81. The lowest BCUT2D eigenvalue weighted by molar-refractivity contribution is 0.252. The molecule has 0 radical (unpaired) electrons. The number of aromatic hydroxyl groups is 1. The molecule has 5 nitrogen and oxygen atoms in total. The van der Waals surface area contributed by atoms with Crippen LogP contribution in [0.4, 0.5) is 10.5 Å². The monoisotopic (exact) mass is 409 g/mol. The van der Waals surface area contributed by atoms with Gasteiger partial charge in [-0.2, -0.15) is 5.10 Å². The highest BCUT2D eigenvalue weighted by atomic mass is 127. The first kappa shape index (κ1) is 16.3. The van der Waals surface area contributed by atoms with Crippen LogP contribution in [-0.2, 0) is 0 Å². The number of aryl methyl sites for hydroxylation is 1. The Balaban J connectivity index is 1.96. The standard InChI is InChI=1S/C16H16IN3O2/c1-10-4-3-5-14(11(10)2)19-16(22)20-18-9-12-6-7-15(21)13(17)8-12/h3-9,21H,1-2H3,(H2,19,20,22)/b18-9+. The van der Waals surface area contributed by atoms with Gasteiger partial charge in [-0.05, 0) is 77.4 Å². The van der Waals surface area contributed by atoms with Crippen molar-refractivity contribution in [3.63, 3.8) is 0 Å². The van der Waals surface area contributed by atoms with Crippen LogP contribution in [0.5, 0.6) is 5.75 Å². The van der Waals surface area contributed by atoms with Gasteiger partial charge in [0.2, 0.25) is 0 Å². The summed E-state index contributed by atoms with van der Waals surface area (Å²) in [6, 6.07) is 10.4. The number of benzene rings is 2. The van der Waals surface area contributed by atoms with Crippen LogP contribution in [0, 0.1) is 17.4 Å². The Labute approximate surface area is 142 Å². The summed E-state index contributed by atoms with van der Waals surface area (Å²) in [5.74, 6) is 0.221. The van der Waals surface area contributed by atoms with E-state index in [4.69, 9.17) is 0 Å². The van der Waals surface area contributed by atoms with Gasteiger partial charge in [0.05, 0.1) is 9.78 Å². The minimum atomic E-state index is -0.404. The van der Waals surface area contributed by atoms with Crippen molar-refractivity contribution in [2.45, 2.75) is 13.8 Å². The summed E-state index contributed by atoms with van der Waals surface area (Å²) >= 11 is 2.03.